The number of hydrogen-bond donors (Lipinski definition) is 1. The Hall–Kier alpha value is -2.10. The molecule has 1 N–H and O–H groups in total. The van der Waals surface area contributed by atoms with Crippen molar-refractivity contribution in [3.05, 3.63) is 52.3 Å². The molecule has 1 saturated carbocycles. The molecule has 1 aromatic carbocycles. The van der Waals surface area contributed by atoms with E-state index in [0.29, 0.717) is 11.6 Å². The van der Waals surface area contributed by atoms with Gasteiger partial charge in [-0.15, -0.1) is 0 Å². The smallest absolute Gasteiger partial charge is 0.272 e. The molecule has 0 aliphatic heterocycles. The zero-order chi connectivity index (χ0) is 16.5. The van der Waals surface area contributed by atoms with E-state index in [9.17, 15) is 4.79 Å². The molecule has 0 saturated heterocycles. The predicted molar refractivity (Wildman–Crippen MR) is 93.9 cm³/mol. The van der Waals surface area contributed by atoms with E-state index in [4.69, 9.17) is 0 Å². The first-order valence-corrected chi connectivity index (χ1v) is 9.11. The molecule has 126 valence electrons. The molecular weight excluding hydrogens is 298 g/mol. The first-order valence-electron chi connectivity index (χ1n) is 9.11. The van der Waals surface area contributed by atoms with E-state index in [1.54, 1.807) is 0 Å². The molecule has 0 atom stereocenters. The minimum absolute atomic E-state index is 0.0816. The average Bonchev–Trinajstić information content (AvgIpc) is 3.17. The van der Waals surface area contributed by atoms with Crippen molar-refractivity contribution in [3.8, 4) is 0 Å². The van der Waals surface area contributed by atoms with Crippen molar-refractivity contribution >= 4 is 5.91 Å². The lowest BCUT2D eigenvalue weighted by Crippen LogP contribution is -2.37. The molecule has 4 rings (SSSR count). The summed E-state index contributed by atoms with van der Waals surface area (Å²) in [6.07, 6.45) is 7.37. The zero-order valence-electron chi connectivity index (χ0n) is 14.3. The van der Waals surface area contributed by atoms with Gasteiger partial charge in [0.2, 0.25) is 0 Å². The van der Waals surface area contributed by atoms with Crippen LogP contribution in [0.25, 0.3) is 0 Å². The van der Waals surface area contributed by atoms with Crippen LogP contribution in [0.15, 0.2) is 24.3 Å². The molecule has 24 heavy (non-hydrogen) atoms. The summed E-state index contributed by atoms with van der Waals surface area (Å²) in [7, 11) is 0. The van der Waals surface area contributed by atoms with Crippen LogP contribution in [0.1, 0.15) is 58.6 Å². The lowest BCUT2D eigenvalue weighted by molar-refractivity contribution is 0.0673. The molecule has 1 heterocycles. The lowest BCUT2D eigenvalue weighted by Gasteiger charge is -2.32. The SMILES string of the molecule is Cc1cc(C(=O)N(Cc2cccc3c2CCC3)CC2CCC2)[nH]n1. The van der Waals surface area contributed by atoms with Crippen LogP contribution in [-0.2, 0) is 19.4 Å². The minimum Gasteiger partial charge on any atom is -0.333 e. The van der Waals surface area contributed by atoms with Gasteiger partial charge in [0.15, 0.2) is 0 Å². The van der Waals surface area contributed by atoms with Crippen LogP contribution in [0.2, 0.25) is 0 Å². The number of carbonyl (C=O) groups is 1. The highest BCUT2D eigenvalue weighted by molar-refractivity contribution is 5.92. The second-order valence-corrected chi connectivity index (χ2v) is 7.31. The molecule has 1 amide bonds. The number of H-pyrrole nitrogens is 1. The van der Waals surface area contributed by atoms with Crippen molar-refractivity contribution in [2.45, 2.75) is 52.0 Å². The quantitative estimate of drug-likeness (QED) is 0.913. The number of aryl methyl sites for hydroxylation is 2. The van der Waals surface area contributed by atoms with Crippen LogP contribution in [-0.4, -0.2) is 27.5 Å². The summed E-state index contributed by atoms with van der Waals surface area (Å²) in [5, 5.41) is 7.02. The molecule has 0 bridgehead atoms. The molecule has 0 spiro atoms. The zero-order valence-corrected chi connectivity index (χ0v) is 14.3. The first kappa shape index (κ1) is 15.4. The fourth-order valence-electron chi connectivity index (χ4n) is 3.96. The third-order valence-corrected chi connectivity index (χ3v) is 5.53. The maximum atomic E-state index is 13.0. The molecule has 2 aliphatic carbocycles. The predicted octanol–water partition coefficient (Wildman–Crippen LogP) is 3.65. The Morgan fingerprint density at radius 1 is 1.29 bits per heavy atom. The number of hydrogen-bond acceptors (Lipinski definition) is 2. The van der Waals surface area contributed by atoms with E-state index in [0.717, 1.165) is 25.2 Å². The Balaban J connectivity index is 1.58. The van der Waals surface area contributed by atoms with Gasteiger partial charge in [0.05, 0.1) is 5.69 Å². The monoisotopic (exact) mass is 323 g/mol. The lowest BCUT2D eigenvalue weighted by atomic mass is 9.85. The summed E-state index contributed by atoms with van der Waals surface area (Å²) in [6, 6.07) is 8.43. The Morgan fingerprint density at radius 2 is 2.17 bits per heavy atom. The van der Waals surface area contributed by atoms with Crippen molar-refractivity contribution in [2.75, 3.05) is 6.54 Å². The molecule has 2 aromatic rings. The Morgan fingerprint density at radius 3 is 2.88 bits per heavy atom. The van der Waals surface area contributed by atoms with Crippen molar-refractivity contribution in [3.63, 3.8) is 0 Å². The van der Waals surface area contributed by atoms with Gasteiger partial charge in [-0.25, -0.2) is 0 Å². The van der Waals surface area contributed by atoms with E-state index < -0.39 is 0 Å². The van der Waals surface area contributed by atoms with Gasteiger partial charge in [0, 0.05) is 13.1 Å². The fourth-order valence-corrected chi connectivity index (χ4v) is 3.96. The summed E-state index contributed by atoms with van der Waals surface area (Å²) in [4.78, 5) is 15.0. The van der Waals surface area contributed by atoms with Crippen LogP contribution < -0.4 is 0 Å². The van der Waals surface area contributed by atoms with Gasteiger partial charge >= 0.3 is 0 Å². The third-order valence-electron chi connectivity index (χ3n) is 5.53. The van der Waals surface area contributed by atoms with Gasteiger partial charge in [0.1, 0.15) is 5.69 Å². The van der Waals surface area contributed by atoms with E-state index in [1.165, 1.54) is 48.8 Å². The summed E-state index contributed by atoms with van der Waals surface area (Å²) in [5.41, 5.74) is 5.75. The van der Waals surface area contributed by atoms with Gasteiger partial charge in [0.25, 0.3) is 5.91 Å². The first-order chi connectivity index (χ1) is 11.7. The van der Waals surface area contributed by atoms with Crippen LogP contribution in [0, 0.1) is 12.8 Å². The average molecular weight is 323 g/mol. The summed E-state index contributed by atoms with van der Waals surface area (Å²) in [5.74, 6) is 0.743. The maximum Gasteiger partial charge on any atom is 0.272 e. The highest BCUT2D eigenvalue weighted by atomic mass is 16.2. The fraction of sp³-hybridized carbons (Fsp3) is 0.500. The number of rotatable bonds is 5. The van der Waals surface area contributed by atoms with E-state index in [2.05, 4.69) is 28.4 Å². The number of fused-ring (bicyclic) bond motifs is 1. The third kappa shape index (κ3) is 2.97. The largest absolute Gasteiger partial charge is 0.333 e. The minimum atomic E-state index is 0.0816. The van der Waals surface area contributed by atoms with Gasteiger partial charge in [-0.05, 0) is 67.7 Å². The van der Waals surface area contributed by atoms with Crippen molar-refractivity contribution < 1.29 is 4.79 Å². The van der Waals surface area contributed by atoms with Crippen molar-refractivity contribution in [2.24, 2.45) is 5.92 Å². The number of nitrogens with one attached hydrogen (secondary N) is 1. The molecule has 0 radical (unpaired) electrons. The van der Waals surface area contributed by atoms with Crippen LogP contribution in [0.5, 0.6) is 0 Å². The Bertz CT molecular complexity index is 745. The highest BCUT2D eigenvalue weighted by Crippen LogP contribution is 2.30. The molecule has 4 nitrogen and oxygen atoms in total. The number of benzene rings is 1. The second-order valence-electron chi connectivity index (χ2n) is 7.31. The van der Waals surface area contributed by atoms with Gasteiger partial charge in [-0.3, -0.25) is 9.89 Å². The molecule has 2 aliphatic rings. The number of nitrogens with zero attached hydrogens (tertiary/aromatic N) is 2. The molecule has 1 aromatic heterocycles. The van der Waals surface area contributed by atoms with E-state index in [1.807, 2.05) is 17.9 Å². The van der Waals surface area contributed by atoms with Crippen molar-refractivity contribution in [1.29, 1.82) is 0 Å². The molecule has 0 unspecified atom stereocenters. The summed E-state index contributed by atoms with van der Waals surface area (Å²) in [6.45, 7) is 3.49. The maximum absolute atomic E-state index is 13.0. The Labute approximate surface area is 143 Å². The number of aromatic nitrogens is 2. The van der Waals surface area contributed by atoms with E-state index in [-0.39, 0.29) is 5.91 Å². The van der Waals surface area contributed by atoms with Gasteiger partial charge < -0.3 is 4.90 Å². The van der Waals surface area contributed by atoms with Crippen LogP contribution in [0.4, 0.5) is 0 Å². The molecular formula is C20H25N3O. The standard InChI is InChI=1S/C20H25N3O/c1-14-11-19(22-21-14)20(24)23(12-15-5-2-6-15)13-17-9-3-7-16-8-4-10-18(16)17/h3,7,9,11,15H,2,4-6,8,10,12-13H2,1H3,(H,21,22). The highest BCUT2D eigenvalue weighted by Gasteiger charge is 2.26. The van der Waals surface area contributed by atoms with Crippen molar-refractivity contribution in [1.82, 2.24) is 15.1 Å². The number of carbonyl (C=O) groups excluding carboxylic acids is 1. The number of aromatic amines is 1. The Kier molecular flexibility index (Phi) is 4.13. The normalized spacial score (nSPS) is 16.7. The summed E-state index contributed by atoms with van der Waals surface area (Å²) < 4.78 is 0. The topological polar surface area (TPSA) is 49.0 Å². The second kappa shape index (κ2) is 6.42. The van der Waals surface area contributed by atoms with Gasteiger partial charge in [-0.1, -0.05) is 24.6 Å². The van der Waals surface area contributed by atoms with E-state index >= 15 is 0 Å². The molecule has 1 fully saturated rings. The summed E-state index contributed by atoms with van der Waals surface area (Å²) >= 11 is 0. The van der Waals surface area contributed by atoms with Crippen LogP contribution >= 0.6 is 0 Å². The van der Waals surface area contributed by atoms with Gasteiger partial charge in [-0.2, -0.15) is 5.10 Å². The number of amides is 1. The molecule has 4 heteroatoms. The van der Waals surface area contributed by atoms with Crippen LogP contribution in [0.3, 0.4) is 0 Å².